The lowest BCUT2D eigenvalue weighted by Crippen LogP contribution is -2.15. The van der Waals surface area contributed by atoms with E-state index in [0.717, 1.165) is 25.2 Å². The predicted molar refractivity (Wildman–Crippen MR) is 65.8 cm³/mol. The highest BCUT2D eigenvalue weighted by Crippen LogP contribution is 2.32. The topological polar surface area (TPSA) is 48.8 Å². The maximum Gasteiger partial charge on any atom is 0.101 e. The van der Waals surface area contributed by atoms with E-state index in [9.17, 15) is 0 Å². The second-order valence-corrected chi connectivity index (χ2v) is 4.50. The zero-order valence-electron chi connectivity index (χ0n) is 9.57. The van der Waals surface area contributed by atoms with Crippen LogP contribution in [0.2, 0.25) is 0 Å². The Morgan fingerprint density at radius 3 is 3.12 bits per heavy atom. The number of aromatic nitrogens is 1. The van der Waals surface area contributed by atoms with Gasteiger partial charge in [-0.15, -0.1) is 0 Å². The van der Waals surface area contributed by atoms with Gasteiger partial charge in [-0.1, -0.05) is 12.1 Å². The number of para-hydroxylation sites is 1. The Morgan fingerprint density at radius 1 is 1.41 bits per heavy atom. The summed E-state index contributed by atoms with van der Waals surface area (Å²) in [4.78, 5) is 3.23. The van der Waals surface area contributed by atoms with Gasteiger partial charge in [-0.25, -0.2) is 0 Å². The lowest BCUT2D eigenvalue weighted by molar-refractivity contribution is 0.0808. The fourth-order valence-electron chi connectivity index (χ4n) is 2.59. The highest BCUT2D eigenvalue weighted by atomic mass is 16.5. The first-order valence-corrected chi connectivity index (χ1v) is 5.98. The minimum atomic E-state index is 0.464. The van der Waals surface area contributed by atoms with Crippen molar-refractivity contribution in [3.63, 3.8) is 0 Å². The third-order valence-electron chi connectivity index (χ3n) is 3.47. The summed E-state index contributed by atoms with van der Waals surface area (Å²) >= 11 is 0. The number of nitrogens with one attached hydrogen (secondary N) is 1. The fraction of sp³-hybridized carbons (Fsp3) is 0.357. The van der Waals surface area contributed by atoms with Crippen molar-refractivity contribution >= 4 is 10.9 Å². The Hall–Kier alpha value is -1.79. The van der Waals surface area contributed by atoms with Crippen molar-refractivity contribution < 1.29 is 4.74 Å². The molecule has 2 aromatic rings. The van der Waals surface area contributed by atoms with Crippen LogP contribution in [0.5, 0.6) is 0 Å². The molecule has 0 bridgehead atoms. The molecule has 1 N–H and O–H groups in total. The number of nitriles is 1. The summed E-state index contributed by atoms with van der Waals surface area (Å²) in [5.74, 6) is 0.464. The predicted octanol–water partition coefficient (Wildman–Crippen LogP) is 2.93. The maximum atomic E-state index is 9.06. The summed E-state index contributed by atoms with van der Waals surface area (Å²) in [7, 11) is 0. The minimum absolute atomic E-state index is 0.464. The van der Waals surface area contributed by atoms with Crippen LogP contribution < -0.4 is 0 Å². The van der Waals surface area contributed by atoms with Gasteiger partial charge in [-0.3, -0.25) is 0 Å². The van der Waals surface area contributed by atoms with E-state index in [1.807, 2.05) is 18.3 Å². The highest BCUT2D eigenvalue weighted by molar-refractivity contribution is 5.88. The second kappa shape index (κ2) is 4.23. The van der Waals surface area contributed by atoms with Crippen LogP contribution in [0, 0.1) is 11.3 Å². The summed E-state index contributed by atoms with van der Waals surface area (Å²) < 4.78 is 5.53. The van der Waals surface area contributed by atoms with Gasteiger partial charge < -0.3 is 9.72 Å². The molecule has 0 radical (unpaired) electrons. The molecule has 1 aromatic carbocycles. The number of fused-ring (bicyclic) bond motifs is 1. The van der Waals surface area contributed by atoms with Gasteiger partial charge in [0.2, 0.25) is 0 Å². The fourth-order valence-corrected chi connectivity index (χ4v) is 2.59. The van der Waals surface area contributed by atoms with Crippen LogP contribution in [0.15, 0.2) is 24.4 Å². The quantitative estimate of drug-likeness (QED) is 0.812. The van der Waals surface area contributed by atoms with Gasteiger partial charge in [0.25, 0.3) is 0 Å². The standard InChI is InChI=1S/C14H14N2O/c15-7-10-3-1-5-12-13(8-16-14(10)12)11-4-2-6-17-9-11/h1,3,5,8,11,16H,2,4,6,9H2. The Morgan fingerprint density at radius 2 is 2.35 bits per heavy atom. The van der Waals surface area contributed by atoms with Crippen LogP contribution in [-0.2, 0) is 4.74 Å². The summed E-state index contributed by atoms with van der Waals surface area (Å²) in [6.45, 7) is 1.67. The second-order valence-electron chi connectivity index (χ2n) is 4.50. The maximum absolute atomic E-state index is 9.06. The number of nitrogens with zero attached hydrogens (tertiary/aromatic N) is 1. The van der Waals surface area contributed by atoms with E-state index in [1.165, 1.54) is 17.4 Å². The number of benzene rings is 1. The molecule has 1 saturated heterocycles. The number of H-pyrrole nitrogens is 1. The molecule has 2 heterocycles. The van der Waals surface area contributed by atoms with E-state index in [0.29, 0.717) is 11.5 Å². The molecule has 1 aliphatic heterocycles. The van der Waals surface area contributed by atoms with Crippen molar-refractivity contribution in [1.82, 2.24) is 4.98 Å². The van der Waals surface area contributed by atoms with Gasteiger partial charge in [0.15, 0.2) is 0 Å². The van der Waals surface area contributed by atoms with Crippen LogP contribution in [0.1, 0.15) is 29.9 Å². The van der Waals surface area contributed by atoms with Gasteiger partial charge >= 0.3 is 0 Å². The molecule has 3 rings (SSSR count). The molecule has 1 unspecified atom stereocenters. The number of hydrogen-bond acceptors (Lipinski definition) is 2. The number of rotatable bonds is 1. The van der Waals surface area contributed by atoms with E-state index in [1.54, 1.807) is 0 Å². The smallest absolute Gasteiger partial charge is 0.101 e. The van der Waals surface area contributed by atoms with Crippen LogP contribution in [0.4, 0.5) is 0 Å². The third kappa shape index (κ3) is 1.71. The van der Waals surface area contributed by atoms with Crippen molar-refractivity contribution in [2.24, 2.45) is 0 Å². The van der Waals surface area contributed by atoms with E-state index in [4.69, 9.17) is 10.00 Å². The Labute approximate surface area is 100 Å². The molecule has 1 fully saturated rings. The number of aromatic amines is 1. The molecular weight excluding hydrogens is 212 g/mol. The first kappa shape index (κ1) is 10.4. The summed E-state index contributed by atoms with van der Waals surface area (Å²) in [6.07, 6.45) is 4.32. The highest BCUT2D eigenvalue weighted by Gasteiger charge is 2.19. The largest absolute Gasteiger partial charge is 0.381 e. The molecule has 1 aromatic heterocycles. The van der Waals surface area contributed by atoms with Crippen LogP contribution in [0.25, 0.3) is 10.9 Å². The molecule has 3 heteroatoms. The zero-order valence-corrected chi connectivity index (χ0v) is 9.57. The van der Waals surface area contributed by atoms with E-state index in [-0.39, 0.29) is 0 Å². The van der Waals surface area contributed by atoms with Gasteiger partial charge in [0, 0.05) is 24.1 Å². The molecule has 0 aliphatic carbocycles. The van der Waals surface area contributed by atoms with Crippen LogP contribution in [-0.4, -0.2) is 18.2 Å². The molecule has 3 nitrogen and oxygen atoms in total. The first-order valence-electron chi connectivity index (χ1n) is 5.98. The van der Waals surface area contributed by atoms with E-state index in [2.05, 4.69) is 17.1 Å². The van der Waals surface area contributed by atoms with Gasteiger partial charge in [0.1, 0.15) is 6.07 Å². The van der Waals surface area contributed by atoms with Gasteiger partial charge in [0.05, 0.1) is 17.7 Å². The van der Waals surface area contributed by atoms with Gasteiger partial charge in [-0.05, 0) is 24.5 Å². The van der Waals surface area contributed by atoms with Crippen molar-refractivity contribution in [3.05, 3.63) is 35.5 Å². The molecule has 0 saturated carbocycles. The van der Waals surface area contributed by atoms with Crippen molar-refractivity contribution in [3.8, 4) is 6.07 Å². The number of hydrogen-bond donors (Lipinski definition) is 1. The molecule has 86 valence electrons. The minimum Gasteiger partial charge on any atom is -0.381 e. The van der Waals surface area contributed by atoms with Crippen molar-refractivity contribution in [2.45, 2.75) is 18.8 Å². The molecule has 0 amide bonds. The normalized spacial score (nSPS) is 20.3. The van der Waals surface area contributed by atoms with Crippen LogP contribution in [0.3, 0.4) is 0 Å². The molecule has 1 atom stereocenters. The first-order chi connectivity index (χ1) is 8.40. The SMILES string of the molecule is N#Cc1cccc2c(C3CCCOC3)c[nH]c12. The summed E-state index contributed by atoms with van der Waals surface area (Å²) in [5, 5.41) is 10.2. The lowest BCUT2D eigenvalue weighted by atomic mass is 9.93. The van der Waals surface area contributed by atoms with Crippen molar-refractivity contribution in [1.29, 1.82) is 5.26 Å². The van der Waals surface area contributed by atoms with Crippen molar-refractivity contribution in [2.75, 3.05) is 13.2 Å². The summed E-state index contributed by atoms with van der Waals surface area (Å²) in [5.41, 5.74) is 2.96. The molecular formula is C14H14N2O. The Bertz CT molecular complexity index is 573. The van der Waals surface area contributed by atoms with Gasteiger partial charge in [-0.2, -0.15) is 5.26 Å². The molecule has 17 heavy (non-hydrogen) atoms. The number of ether oxygens (including phenoxy) is 1. The molecule has 1 aliphatic rings. The Balaban J connectivity index is 2.09. The van der Waals surface area contributed by atoms with E-state index < -0.39 is 0 Å². The molecule has 0 spiro atoms. The van der Waals surface area contributed by atoms with E-state index >= 15 is 0 Å². The monoisotopic (exact) mass is 226 g/mol. The summed E-state index contributed by atoms with van der Waals surface area (Å²) in [6, 6.07) is 8.10. The van der Waals surface area contributed by atoms with Crippen LogP contribution >= 0.6 is 0 Å². The third-order valence-corrected chi connectivity index (χ3v) is 3.47. The average molecular weight is 226 g/mol. The Kier molecular flexibility index (Phi) is 2.58. The lowest BCUT2D eigenvalue weighted by Gasteiger charge is -2.21. The average Bonchev–Trinajstić information content (AvgIpc) is 2.83. The zero-order chi connectivity index (χ0) is 11.7.